The fraction of sp³-hybridized carbons (Fsp3) is 0.270. The van der Waals surface area contributed by atoms with E-state index in [0.717, 1.165) is 22.1 Å². The number of nitrogens with one attached hydrogen (secondary N) is 1. The number of anilines is 2. The molecule has 12 nitrogen and oxygen atoms in total. The molecule has 3 heterocycles. The number of amides is 1. The van der Waals surface area contributed by atoms with Crippen LogP contribution in [-0.4, -0.2) is 95.9 Å². The van der Waals surface area contributed by atoms with Crippen molar-refractivity contribution in [1.29, 1.82) is 0 Å². The predicted molar refractivity (Wildman–Crippen MR) is 189 cm³/mol. The van der Waals surface area contributed by atoms with Crippen LogP contribution in [0.5, 0.6) is 5.75 Å². The fourth-order valence-electron chi connectivity index (χ4n) is 6.19. The average Bonchev–Trinajstić information content (AvgIpc) is 3.16. The molecular formula is C37H36N4O8S. The van der Waals surface area contributed by atoms with Gasteiger partial charge in [-0.05, 0) is 59.3 Å². The van der Waals surface area contributed by atoms with E-state index >= 15 is 0 Å². The molecule has 0 saturated carbocycles. The number of para-hydroxylation sites is 1. The summed E-state index contributed by atoms with van der Waals surface area (Å²) in [6.45, 7) is 2.64. The Balaban J connectivity index is 1.13. The Morgan fingerprint density at radius 2 is 1.56 bits per heavy atom. The monoisotopic (exact) mass is 696 g/mol. The highest BCUT2D eigenvalue weighted by molar-refractivity contribution is 7.89. The number of benzene rings is 4. The van der Waals surface area contributed by atoms with E-state index in [9.17, 15) is 18.0 Å². The van der Waals surface area contributed by atoms with E-state index < -0.39 is 28.5 Å². The zero-order valence-corrected chi connectivity index (χ0v) is 28.3. The molecule has 2 saturated heterocycles. The minimum atomic E-state index is -3.83. The third-order valence-electron chi connectivity index (χ3n) is 8.82. The number of methoxy groups -OCH3 is 1. The van der Waals surface area contributed by atoms with Crippen LogP contribution >= 0.6 is 0 Å². The number of morpholine rings is 2. The summed E-state index contributed by atoms with van der Waals surface area (Å²) in [5, 5.41) is 5.37. The van der Waals surface area contributed by atoms with Crippen molar-refractivity contribution >= 4 is 54.9 Å². The van der Waals surface area contributed by atoms with Crippen LogP contribution in [0.3, 0.4) is 0 Å². The number of rotatable bonds is 9. The maximum atomic E-state index is 13.6. The Morgan fingerprint density at radius 1 is 0.840 bits per heavy atom. The van der Waals surface area contributed by atoms with Crippen LogP contribution in [-0.2, 0) is 29.0 Å². The molecule has 1 N–H and O–H groups in total. The molecule has 2 aliphatic rings. The molecule has 2 fully saturated rings. The van der Waals surface area contributed by atoms with Crippen LogP contribution in [0.15, 0.2) is 89.8 Å². The maximum absolute atomic E-state index is 13.6. The Labute approximate surface area is 289 Å². The van der Waals surface area contributed by atoms with Gasteiger partial charge in [-0.3, -0.25) is 4.79 Å². The Morgan fingerprint density at radius 3 is 2.34 bits per heavy atom. The number of hydrogen-bond acceptors (Lipinski definition) is 10. The van der Waals surface area contributed by atoms with E-state index in [-0.39, 0.29) is 23.5 Å². The second kappa shape index (κ2) is 14.4. The third-order valence-corrected chi connectivity index (χ3v) is 10.7. The highest BCUT2D eigenvalue weighted by Gasteiger charge is 2.28. The van der Waals surface area contributed by atoms with Crippen LogP contribution in [0.2, 0.25) is 0 Å². The lowest BCUT2D eigenvalue weighted by Gasteiger charge is -2.31. The molecule has 1 aromatic heterocycles. The van der Waals surface area contributed by atoms with Crippen LogP contribution < -0.4 is 15.0 Å². The topological polar surface area (TPSA) is 137 Å². The lowest BCUT2D eigenvalue weighted by atomic mass is 10.0. The van der Waals surface area contributed by atoms with E-state index in [1.165, 1.54) is 10.4 Å². The van der Waals surface area contributed by atoms with Crippen LogP contribution in [0.1, 0.15) is 10.4 Å². The molecule has 4 aromatic carbocycles. The number of hydrogen-bond donors (Lipinski definition) is 1. The lowest BCUT2D eigenvalue weighted by Crippen LogP contribution is -2.40. The molecule has 13 heteroatoms. The molecule has 0 radical (unpaired) electrons. The van der Waals surface area contributed by atoms with E-state index in [0.29, 0.717) is 67.5 Å². The summed E-state index contributed by atoms with van der Waals surface area (Å²) < 4.78 is 50.0. The van der Waals surface area contributed by atoms with Gasteiger partial charge in [0, 0.05) is 37.1 Å². The minimum absolute atomic E-state index is 0.0484. The third kappa shape index (κ3) is 6.98. The molecule has 0 atom stereocenters. The Hall–Kier alpha value is -5.08. The molecule has 5 aromatic rings. The first-order valence-electron chi connectivity index (χ1n) is 16.3. The number of carbonyl (C=O) groups excluding carboxylic acids is 2. The van der Waals surface area contributed by atoms with Crippen LogP contribution in [0.25, 0.3) is 32.9 Å². The zero-order valence-electron chi connectivity index (χ0n) is 27.5. The molecule has 1 amide bonds. The maximum Gasteiger partial charge on any atom is 0.339 e. The van der Waals surface area contributed by atoms with Crippen molar-refractivity contribution in [3.63, 3.8) is 0 Å². The smallest absolute Gasteiger partial charge is 0.339 e. The number of esters is 1. The van der Waals surface area contributed by atoms with Crippen LogP contribution in [0.4, 0.5) is 11.4 Å². The standard InChI is InChI=1S/C37H36N4O8S/c1-46-28-9-8-25-20-27(7-6-26(25)21-28)33-23-31(30-4-2-3-5-32(30)38-33)37(43)49-24-36(42)39-34-22-29(50(44,45)41-14-18-48-19-15-41)10-11-35(34)40-12-16-47-17-13-40/h2-11,20-23H,12-19,24H2,1H3,(H,39,42). The molecule has 258 valence electrons. The molecule has 0 bridgehead atoms. The van der Waals surface area contributed by atoms with Gasteiger partial charge in [-0.25, -0.2) is 18.2 Å². The van der Waals surface area contributed by atoms with Crippen molar-refractivity contribution in [2.24, 2.45) is 0 Å². The van der Waals surface area contributed by atoms with Gasteiger partial charge in [0.25, 0.3) is 5.91 Å². The summed E-state index contributed by atoms with van der Waals surface area (Å²) in [5.41, 5.74) is 3.19. The van der Waals surface area contributed by atoms with E-state index in [2.05, 4.69) is 5.32 Å². The summed E-state index contributed by atoms with van der Waals surface area (Å²) >= 11 is 0. The fourth-order valence-corrected chi connectivity index (χ4v) is 7.62. The molecule has 0 spiro atoms. The van der Waals surface area contributed by atoms with Crippen molar-refractivity contribution in [2.45, 2.75) is 4.90 Å². The van der Waals surface area contributed by atoms with Gasteiger partial charge in [0.2, 0.25) is 10.0 Å². The molecule has 50 heavy (non-hydrogen) atoms. The summed E-state index contributed by atoms with van der Waals surface area (Å²) in [5.74, 6) is -0.550. The summed E-state index contributed by atoms with van der Waals surface area (Å²) in [6, 6.07) is 25.3. The number of ether oxygens (including phenoxy) is 4. The number of nitrogens with zero attached hydrogens (tertiary/aromatic N) is 3. The van der Waals surface area contributed by atoms with Gasteiger partial charge in [-0.15, -0.1) is 0 Å². The van der Waals surface area contributed by atoms with Gasteiger partial charge >= 0.3 is 5.97 Å². The van der Waals surface area contributed by atoms with Crippen molar-refractivity contribution in [3.05, 3.63) is 90.5 Å². The van der Waals surface area contributed by atoms with Crippen LogP contribution in [0, 0.1) is 0 Å². The SMILES string of the molecule is COc1ccc2cc(-c3cc(C(=O)OCC(=O)Nc4cc(S(=O)(=O)N5CCOCC5)ccc4N4CCOCC4)c4ccccc4n3)ccc2c1. The van der Waals surface area contributed by atoms with Gasteiger partial charge in [0.1, 0.15) is 5.75 Å². The lowest BCUT2D eigenvalue weighted by molar-refractivity contribution is -0.119. The molecule has 2 aliphatic heterocycles. The first-order valence-corrected chi connectivity index (χ1v) is 17.7. The number of sulfonamides is 1. The Kier molecular flexibility index (Phi) is 9.63. The minimum Gasteiger partial charge on any atom is -0.497 e. The van der Waals surface area contributed by atoms with E-state index in [4.69, 9.17) is 23.9 Å². The van der Waals surface area contributed by atoms with Crippen molar-refractivity contribution in [2.75, 3.05) is 76.5 Å². The van der Waals surface area contributed by atoms with Gasteiger partial charge in [-0.2, -0.15) is 4.31 Å². The average molecular weight is 697 g/mol. The van der Waals surface area contributed by atoms with Crippen molar-refractivity contribution in [3.8, 4) is 17.0 Å². The van der Waals surface area contributed by atoms with Crippen molar-refractivity contribution < 1.29 is 37.0 Å². The molecular weight excluding hydrogens is 660 g/mol. The molecule has 0 aliphatic carbocycles. The molecule has 0 unspecified atom stereocenters. The summed E-state index contributed by atoms with van der Waals surface area (Å²) in [4.78, 5) is 33.8. The second-order valence-electron chi connectivity index (χ2n) is 11.9. The second-order valence-corrected chi connectivity index (χ2v) is 13.9. The number of fused-ring (bicyclic) bond motifs is 2. The molecule has 7 rings (SSSR count). The largest absolute Gasteiger partial charge is 0.497 e. The van der Waals surface area contributed by atoms with Gasteiger partial charge < -0.3 is 29.2 Å². The normalized spacial score (nSPS) is 15.6. The number of carbonyl (C=O) groups is 2. The Bertz CT molecular complexity index is 2180. The first-order chi connectivity index (χ1) is 24.3. The predicted octanol–water partition coefficient (Wildman–Crippen LogP) is 4.72. The summed E-state index contributed by atoms with van der Waals surface area (Å²) in [7, 11) is -2.21. The number of pyridine rings is 1. The quantitative estimate of drug-likeness (QED) is 0.216. The van der Waals surface area contributed by atoms with E-state index in [1.807, 2.05) is 59.5 Å². The zero-order chi connectivity index (χ0) is 34.7. The first kappa shape index (κ1) is 33.4. The van der Waals surface area contributed by atoms with Gasteiger partial charge in [0.15, 0.2) is 6.61 Å². The van der Waals surface area contributed by atoms with Gasteiger partial charge in [-0.1, -0.05) is 36.4 Å². The van der Waals surface area contributed by atoms with Gasteiger partial charge in [0.05, 0.1) is 66.6 Å². The number of aromatic nitrogens is 1. The summed E-state index contributed by atoms with van der Waals surface area (Å²) in [6.07, 6.45) is 0. The van der Waals surface area contributed by atoms with E-state index in [1.54, 1.807) is 31.4 Å². The van der Waals surface area contributed by atoms with Crippen molar-refractivity contribution in [1.82, 2.24) is 9.29 Å². The highest BCUT2D eigenvalue weighted by atomic mass is 32.2. The highest BCUT2D eigenvalue weighted by Crippen LogP contribution is 2.32.